The predicted octanol–water partition coefficient (Wildman–Crippen LogP) is 1.45. The minimum absolute atomic E-state index is 0.0352. The number of esters is 1. The second-order valence-corrected chi connectivity index (χ2v) is 4.30. The molecule has 2 rings (SSSR count). The Labute approximate surface area is 111 Å². The quantitative estimate of drug-likeness (QED) is 0.575. The van der Waals surface area contributed by atoms with Crippen LogP contribution in [0.2, 0.25) is 0 Å². The van der Waals surface area contributed by atoms with Gasteiger partial charge < -0.3 is 19.0 Å². The number of carbonyl (C=O) groups excluding carboxylic acids is 2. The SMILES string of the molecule is O=CCC1(CC(=O)OCc2ccccc2)OCCO1. The Kier molecular flexibility index (Phi) is 4.65. The van der Waals surface area contributed by atoms with E-state index in [4.69, 9.17) is 14.2 Å². The fourth-order valence-electron chi connectivity index (χ4n) is 1.93. The second kappa shape index (κ2) is 6.45. The minimum Gasteiger partial charge on any atom is -0.461 e. The lowest BCUT2D eigenvalue weighted by Crippen LogP contribution is -2.34. The van der Waals surface area contributed by atoms with Crippen LogP contribution in [0.1, 0.15) is 18.4 Å². The summed E-state index contributed by atoms with van der Waals surface area (Å²) in [7, 11) is 0. The molecule has 0 aliphatic carbocycles. The van der Waals surface area contributed by atoms with Crippen LogP contribution in [0, 0.1) is 0 Å². The van der Waals surface area contributed by atoms with Gasteiger partial charge in [0.2, 0.25) is 0 Å². The van der Waals surface area contributed by atoms with E-state index >= 15 is 0 Å². The molecule has 5 heteroatoms. The summed E-state index contributed by atoms with van der Waals surface area (Å²) in [5.41, 5.74) is 0.911. The molecule has 0 atom stereocenters. The van der Waals surface area contributed by atoms with Crippen molar-refractivity contribution in [2.75, 3.05) is 13.2 Å². The van der Waals surface area contributed by atoms with Gasteiger partial charge in [0, 0.05) is 0 Å². The molecule has 1 aromatic carbocycles. The third kappa shape index (κ3) is 3.87. The van der Waals surface area contributed by atoms with Crippen molar-refractivity contribution in [2.45, 2.75) is 25.2 Å². The highest BCUT2D eigenvalue weighted by Crippen LogP contribution is 2.27. The third-order valence-electron chi connectivity index (χ3n) is 2.86. The normalized spacial score (nSPS) is 17.1. The first kappa shape index (κ1) is 13.7. The Balaban J connectivity index is 1.84. The molecule has 0 bridgehead atoms. The summed E-state index contributed by atoms with van der Waals surface area (Å²) in [4.78, 5) is 22.4. The molecule has 0 spiro atoms. The summed E-state index contributed by atoms with van der Waals surface area (Å²) in [6.45, 7) is 0.983. The van der Waals surface area contributed by atoms with E-state index < -0.39 is 11.8 Å². The fourth-order valence-corrected chi connectivity index (χ4v) is 1.93. The molecule has 0 unspecified atom stereocenters. The highest BCUT2D eigenvalue weighted by atomic mass is 16.7. The van der Waals surface area contributed by atoms with Gasteiger partial charge >= 0.3 is 5.97 Å². The van der Waals surface area contributed by atoms with Crippen LogP contribution in [-0.2, 0) is 30.4 Å². The summed E-state index contributed by atoms with van der Waals surface area (Å²) in [6, 6.07) is 9.39. The average Bonchev–Trinajstić information content (AvgIpc) is 2.86. The van der Waals surface area contributed by atoms with E-state index in [0.29, 0.717) is 19.5 Å². The number of hydrogen-bond donors (Lipinski definition) is 0. The van der Waals surface area contributed by atoms with Gasteiger partial charge in [0.25, 0.3) is 0 Å². The standard InChI is InChI=1S/C14H16O5/c15-7-6-14(18-8-9-19-14)10-13(16)17-11-12-4-2-1-3-5-12/h1-5,7H,6,8-11H2. The number of benzene rings is 1. The molecule has 1 heterocycles. The maximum absolute atomic E-state index is 11.8. The lowest BCUT2D eigenvalue weighted by molar-refractivity contribution is -0.184. The van der Waals surface area contributed by atoms with Crippen LogP contribution in [0.5, 0.6) is 0 Å². The van der Waals surface area contributed by atoms with E-state index in [1.165, 1.54) is 0 Å². The van der Waals surface area contributed by atoms with Crippen LogP contribution in [0.4, 0.5) is 0 Å². The van der Waals surface area contributed by atoms with Crippen LogP contribution < -0.4 is 0 Å². The number of ether oxygens (including phenoxy) is 3. The highest BCUT2D eigenvalue weighted by Gasteiger charge is 2.39. The molecular weight excluding hydrogens is 248 g/mol. The Hall–Kier alpha value is -1.72. The van der Waals surface area contributed by atoms with E-state index in [0.717, 1.165) is 5.56 Å². The van der Waals surface area contributed by atoms with Crippen molar-refractivity contribution in [3.8, 4) is 0 Å². The van der Waals surface area contributed by atoms with Gasteiger partial charge in [-0.25, -0.2) is 0 Å². The van der Waals surface area contributed by atoms with Crippen LogP contribution >= 0.6 is 0 Å². The van der Waals surface area contributed by atoms with Gasteiger partial charge in [-0.15, -0.1) is 0 Å². The zero-order valence-electron chi connectivity index (χ0n) is 10.5. The van der Waals surface area contributed by atoms with Crippen molar-refractivity contribution in [2.24, 2.45) is 0 Å². The molecule has 0 amide bonds. The van der Waals surface area contributed by atoms with Crippen LogP contribution in [-0.4, -0.2) is 31.3 Å². The van der Waals surface area contributed by atoms with Crippen LogP contribution in [0.3, 0.4) is 0 Å². The number of aldehydes is 1. The van der Waals surface area contributed by atoms with Gasteiger partial charge in [-0.2, -0.15) is 0 Å². The van der Waals surface area contributed by atoms with Gasteiger partial charge in [-0.05, 0) is 5.56 Å². The van der Waals surface area contributed by atoms with E-state index in [2.05, 4.69) is 0 Å². The van der Waals surface area contributed by atoms with Gasteiger partial charge in [0.1, 0.15) is 19.3 Å². The molecular formula is C14H16O5. The molecule has 19 heavy (non-hydrogen) atoms. The molecule has 5 nitrogen and oxygen atoms in total. The fraction of sp³-hybridized carbons (Fsp3) is 0.429. The maximum atomic E-state index is 11.8. The Morgan fingerprint density at radius 1 is 1.26 bits per heavy atom. The molecule has 0 radical (unpaired) electrons. The summed E-state index contributed by atoms with van der Waals surface area (Å²) in [5, 5.41) is 0. The maximum Gasteiger partial charge on any atom is 0.311 e. The largest absolute Gasteiger partial charge is 0.461 e. The van der Waals surface area contributed by atoms with E-state index in [1.807, 2.05) is 30.3 Å². The first-order valence-electron chi connectivity index (χ1n) is 6.15. The smallest absolute Gasteiger partial charge is 0.311 e. The monoisotopic (exact) mass is 264 g/mol. The molecule has 102 valence electrons. The van der Waals surface area contributed by atoms with Gasteiger partial charge in [-0.3, -0.25) is 4.79 Å². The summed E-state index contributed by atoms with van der Waals surface area (Å²) in [6.07, 6.45) is 0.655. The predicted molar refractivity (Wildman–Crippen MR) is 66.2 cm³/mol. The van der Waals surface area contributed by atoms with E-state index in [9.17, 15) is 9.59 Å². The van der Waals surface area contributed by atoms with Gasteiger partial charge in [0.05, 0.1) is 19.6 Å². The summed E-state index contributed by atoms with van der Waals surface area (Å²) >= 11 is 0. The van der Waals surface area contributed by atoms with E-state index in [1.54, 1.807) is 0 Å². The zero-order valence-corrected chi connectivity index (χ0v) is 10.5. The van der Waals surface area contributed by atoms with Crippen molar-refractivity contribution in [1.29, 1.82) is 0 Å². The van der Waals surface area contributed by atoms with Crippen molar-refractivity contribution in [1.82, 2.24) is 0 Å². The van der Waals surface area contributed by atoms with Gasteiger partial charge in [0.15, 0.2) is 5.79 Å². The van der Waals surface area contributed by atoms with Crippen molar-refractivity contribution in [3.63, 3.8) is 0 Å². The lowest BCUT2D eigenvalue weighted by atomic mass is 10.1. The average molecular weight is 264 g/mol. The first-order valence-corrected chi connectivity index (χ1v) is 6.15. The number of carbonyl (C=O) groups is 2. The molecule has 1 saturated heterocycles. The highest BCUT2D eigenvalue weighted by molar-refractivity contribution is 5.71. The Bertz CT molecular complexity index is 423. The molecule has 0 saturated carbocycles. The molecule has 1 aromatic rings. The first-order chi connectivity index (χ1) is 9.24. The van der Waals surface area contributed by atoms with E-state index in [-0.39, 0.29) is 19.4 Å². The van der Waals surface area contributed by atoms with Gasteiger partial charge in [-0.1, -0.05) is 30.3 Å². The molecule has 0 N–H and O–H groups in total. The number of rotatable bonds is 6. The lowest BCUT2D eigenvalue weighted by Gasteiger charge is -2.23. The molecule has 1 aliphatic rings. The Morgan fingerprint density at radius 3 is 2.58 bits per heavy atom. The second-order valence-electron chi connectivity index (χ2n) is 4.30. The van der Waals surface area contributed by atoms with Crippen LogP contribution in [0.15, 0.2) is 30.3 Å². The zero-order chi connectivity index (χ0) is 13.6. The minimum atomic E-state index is -1.13. The number of hydrogen-bond acceptors (Lipinski definition) is 5. The van der Waals surface area contributed by atoms with Crippen molar-refractivity contribution < 1.29 is 23.8 Å². The van der Waals surface area contributed by atoms with Crippen molar-refractivity contribution in [3.05, 3.63) is 35.9 Å². The summed E-state index contributed by atoms with van der Waals surface area (Å²) in [5.74, 6) is -1.57. The van der Waals surface area contributed by atoms with Crippen LogP contribution in [0.25, 0.3) is 0 Å². The van der Waals surface area contributed by atoms with Crippen molar-refractivity contribution >= 4 is 12.3 Å². The molecule has 1 aliphatic heterocycles. The third-order valence-corrected chi connectivity index (χ3v) is 2.86. The Morgan fingerprint density at radius 2 is 1.95 bits per heavy atom. The molecule has 1 fully saturated rings. The topological polar surface area (TPSA) is 61.8 Å². The summed E-state index contributed by atoms with van der Waals surface area (Å²) < 4.78 is 15.8. The molecule has 0 aromatic heterocycles.